The van der Waals surface area contributed by atoms with Gasteiger partial charge in [-0.1, -0.05) is 0 Å². The number of aliphatic hydroxyl groups excluding tert-OH is 1. The summed E-state index contributed by atoms with van der Waals surface area (Å²) in [5, 5.41) is 9.57. The molecule has 3 N–H and O–H groups in total. The highest BCUT2D eigenvalue weighted by molar-refractivity contribution is 7.91. The van der Waals surface area contributed by atoms with Crippen molar-refractivity contribution in [2.24, 2.45) is 5.73 Å². The summed E-state index contributed by atoms with van der Waals surface area (Å²) in [6, 6.07) is -0.358. The van der Waals surface area contributed by atoms with Gasteiger partial charge >= 0.3 is 6.03 Å². The normalized spacial score (nSPS) is 31.7. The number of hydrogen-bond donors (Lipinski definition) is 2. The Kier molecular flexibility index (Phi) is 3.79. The molecule has 2 amide bonds. The summed E-state index contributed by atoms with van der Waals surface area (Å²) in [5.74, 6) is 0.0326. The number of aliphatic hydroxyl groups is 1. The van der Waals surface area contributed by atoms with Gasteiger partial charge in [-0.15, -0.1) is 0 Å². The topological polar surface area (TPSA) is 104 Å². The average molecular weight is 277 g/mol. The minimum atomic E-state index is -2.99. The molecular formula is C10H19N3O4S. The van der Waals surface area contributed by atoms with E-state index in [2.05, 4.69) is 0 Å². The molecule has 2 atom stereocenters. The zero-order valence-corrected chi connectivity index (χ0v) is 11.0. The van der Waals surface area contributed by atoms with Crippen LogP contribution in [0.25, 0.3) is 0 Å². The van der Waals surface area contributed by atoms with Crippen LogP contribution in [-0.2, 0) is 9.84 Å². The molecule has 7 nitrogen and oxygen atoms in total. The largest absolute Gasteiger partial charge is 0.391 e. The van der Waals surface area contributed by atoms with Crippen molar-refractivity contribution in [3.8, 4) is 0 Å². The molecule has 8 heteroatoms. The Morgan fingerprint density at radius 2 is 1.94 bits per heavy atom. The molecule has 18 heavy (non-hydrogen) atoms. The van der Waals surface area contributed by atoms with Crippen LogP contribution in [0.4, 0.5) is 4.79 Å². The highest BCUT2D eigenvalue weighted by atomic mass is 32.2. The smallest absolute Gasteiger partial charge is 0.320 e. The zero-order chi connectivity index (χ0) is 13.3. The van der Waals surface area contributed by atoms with Gasteiger partial charge in [-0.05, 0) is 6.42 Å². The van der Waals surface area contributed by atoms with Crippen LogP contribution < -0.4 is 5.73 Å². The van der Waals surface area contributed by atoms with Crippen LogP contribution in [0.1, 0.15) is 6.42 Å². The lowest BCUT2D eigenvalue weighted by Gasteiger charge is -2.33. The van der Waals surface area contributed by atoms with Gasteiger partial charge in [-0.2, -0.15) is 0 Å². The Bertz CT molecular complexity index is 411. The number of nitrogens with zero attached hydrogens (tertiary/aromatic N) is 2. The number of urea groups is 1. The van der Waals surface area contributed by atoms with E-state index in [1.807, 2.05) is 0 Å². The predicted molar refractivity (Wildman–Crippen MR) is 65.8 cm³/mol. The molecule has 0 unspecified atom stereocenters. The highest BCUT2D eigenvalue weighted by Crippen LogP contribution is 2.19. The van der Waals surface area contributed by atoms with E-state index < -0.39 is 15.9 Å². The lowest BCUT2D eigenvalue weighted by molar-refractivity contribution is 0.142. The van der Waals surface area contributed by atoms with Crippen molar-refractivity contribution in [2.75, 3.05) is 37.7 Å². The van der Waals surface area contributed by atoms with Gasteiger partial charge in [-0.3, -0.25) is 0 Å². The third-order valence-electron chi connectivity index (χ3n) is 3.53. The molecule has 0 aromatic heterocycles. The number of β-amino-alcohol motifs (C(OH)–C–C–N with tert-alkyl or cyclic N) is 1. The number of carbonyl (C=O) groups excluding carboxylic acids is 1. The molecule has 2 saturated heterocycles. The monoisotopic (exact) mass is 277 g/mol. The fourth-order valence-electron chi connectivity index (χ4n) is 2.44. The van der Waals surface area contributed by atoms with E-state index in [0.717, 1.165) is 0 Å². The van der Waals surface area contributed by atoms with E-state index in [1.165, 1.54) is 4.90 Å². The zero-order valence-electron chi connectivity index (χ0n) is 10.2. The lowest BCUT2D eigenvalue weighted by Crippen LogP contribution is -2.52. The molecule has 2 heterocycles. The number of sulfone groups is 1. The predicted octanol–water partition coefficient (Wildman–Crippen LogP) is -1.77. The maximum atomic E-state index is 12.2. The van der Waals surface area contributed by atoms with E-state index in [-0.39, 0.29) is 43.2 Å². The molecule has 2 fully saturated rings. The van der Waals surface area contributed by atoms with Crippen molar-refractivity contribution < 1.29 is 18.3 Å². The molecule has 0 aromatic carbocycles. The van der Waals surface area contributed by atoms with Gasteiger partial charge in [0.05, 0.1) is 17.6 Å². The number of nitrogens with two attached hydrogens (primary N) is 1. The van der Waals surface area contributed by atoms with Crippen LogP contribution >= 0.6 is 0 Å². The van der Waals surface area contributed by atoms with Gasteiger partial charge in [0.25, 0.3) is 0 Å². The molecule has 0 bridgehead atoms. The van der Waals surface area contributed by atoms with E-state index in [1.54, 1.807) is 4.90 Å². The first kappa shape index (κ1) is 13.6. The van der Waals surface area contributed by atoms with Crippen molar-refractivity contribution in [1.82, 2.24) is 9.80 Å². The Morgan fingerprint density at radius 1 is 1.33 bits per heavy atom. The van der Waals surface area contributed by atoms with Crippen molar-refractivity contribution in [3.63, 3.8) is 0 Å². The maximum Gasteiger partial charge on any atom is 0.320 e. The molecule has 2 aliphatic heterocycles. The first-order chi connectivity index (χ1) is 8.43. The van der Waals surface area contributed by atoms with E-state index in [4.69, 9.17) is 5.73 Å². The first-order valence-corrected chi connectivity index (χ1v) is 7.89. The molecular weight excluding hydrogens is 258 g/mol. The van der Waals surface area contributed by atoms with Crippen molar-refractivity contribution in [2.45, 2.75) is 18.6 Å². The van der Waals surface area contributed by atoms with Crippen LogP contribution in [0.3, 0.4) is 0 Å². The second-order valence-corrected chi connectivity index (χ2v) is 7.16. The number of hydrogen-bond acceptors (Lipinski definition) is 5. The Labute approximate surface area is 106 Å². The van der Waals surface area contributed by atoms with Crippen LogP contribution in [0.5, 0.6) is 0 Å². The number of carbonyl (C=O) groups is 1. The average Bonchev–Trinajstić information content (AvgIpc) is 2.69. The summed E-state index contributed by atoms with van der Waals surface area (Å²) in [6.45, 7) is 1.05. The van der Waals surface area contributed by atoms with Crippen LogP contribution in [0, 0.1) is 0 Å². The van der Waals surface area contributed by atoms with Gasteiger partial charge in [0, 0.05) is 32.2 Å². The number of amides is 2. The Morgan fingerprint density at radius 3 is 2.50 bits per heavy atom. The summed E-state index contributed by atoms with van der Waals surface area (Å²) in [6.07, 6.45) is -0.0370. The molecule has 0 radical (unpaired) electrons. The van der Waals surface area contributed by atoms with E-state index in [0.29, 0.717) is 13.0 Å². The van der Waals surface area contributed by atoms with Gasteiger partial charge in [0.2, 0.25) is 0 Å². The molecule has 2 aliphatic rings. The van der Waals surface area contributed by atoms with Crippen LogP contribution in [0.15, 0.2) is 0 Å². The minimum absolute atomic E-state index is 0.0163. The van der Waals surface area contributed by atoms with Gasteiger partial charge in [0.1, 0.15) is 0 Å². The Hall–Kier alpha value is -0.860. The van der Waals surface area contributed by atoms with Crippen LogP contribution in [-0.4, -0.2) is 79.2 Å². The third-order valence-corrected chi connectivity index (χ3v) is 5.13. The standard InChI is InChI=1S/C10H19N3O4S/c11-6-8-5-9(14)7-13(8)10(15)12-1-3-18(16,17)4-2-12/h8-9,14H,1-7,11H2/t8-,9-/m1/s1. The van der Waals surface area contributed by atoms with Gasteiger partial charge < -0.3 is 20.6 Å². The quantitative estimate of drug-likeness (QED) is 0.590. The van der Waals surface area contributed by atoms with E-state index >= 15 is 0 Å². The maximum absolute atomic E-state index is 12.2. The minimum Gasteiger partial charge on any atom is -0.391 e. The summed E-state index contributed by atoms with van der Waals surface area (Å²) in [4.78, 5) is 15.3. The van der Waals surface area contributed by atoms with Crippen molar-refractivity contribution >= 4 is 15.9 Å². The summed E-state index contributed by atoms with van der Waals surface area (Å²) in [7, 11) is -2.99. The van der Waals surface area contributed by atoms with Crippen molar-refractivity contribution in [3.05, 3.63) is 0 Å². The van der Waals surface area contributed by atoms with E-state index in [9.17, 15) is 18.3 Å². The summed E-state index contributed by atoms with van der Waals surface area (Å²) < 4.78 is 22.6. The lowest BCUT2D eigenvalue weighted by atomic mass is 10.2. The molecule has 0 saturated carbocycles. The summed E-state index contributed by atoms with van der Waals surface area (Å²) in [5.41, 5.74) is 5.58. The Balaban J connectivity index is 1.99. The molecule has 0 spiro atoms. The number of rotatable bonds is 1. The second-order valence-electron chi connectivity index (χ2n) is 4.85. The highest BCUT2D eigenvalue weighted by Gasteiger charge is 2.37. The molecule has 2 rings (SSSR count). The third kappa shape index (κ3) is 2.76. The number of likely N-dealkylation sites (tertiary alicyclic amines) is 1. The van der Waals surface area contributed by atoms with Crippen molar-refractivity contribution in [1.29, 1.82) is 0 Å². The summed E-state index contributed by atoms with van der Waals surface area (Å²) >= 11 is 0. The SMILES string of the molecule is NC[C@H]1C[C@@H](O)CN1C(=O)N1CCS(=O)(=O)CC1. The van der Waals surface area contributed by atoms with Gasteiger partial charge in [-0.25, -0.2) is 13.2 Å². The molecule has 0 aromatic rings. The first-order valence-electron chi connectivity index (χ1n) is 6.07. The second kappa shape index (κ2) is 5.02. The molecule has 104 valence electrons. The molecule has 0 aliphatic carbocycles. The van der Waals surface area contributed by atoms with Crippen LogP contribution in [0.2, 0.25) is 0 Å². The van der Waals surface area contributed by atoms with Gasteiger partial charge in [0.15, 0.2) is 9.84 Å². The fraction of sp³-hybridized carbons (Fsp3) is 0.900. The fourth-order valence-corrected chi connectivity index (χ4v) is 3.64.